The van der Waals surface area contributed by atoms with E-state index >= 15 is 0 Å². The third kappa shape index (κ3) is 5.99. The molecule has 11 heteroatoms. The molecule has 0 saturated carbocycles. The van der Waals surface area contributed by atoms with Crippen LogP contribution in [-0.4, -0.2) is 36.6 Å². The Morgan fingerprint density at radius 3 is 2.44 bits per heavy atom. The molecular weight excluding hydrogens is 523 g/mol. The maximum absolute atomic E-state index is 13.3. The second-order valence-corrected chi connectivity index (χ2v) is 10.4. The van der Waals surface area contributed by atoms with Crippen molar-refractivity contribution in [3.63, 3.8) is 0 Å². The van der Waals surface area contributed by atoms with Gasteiger partial charge >= 0.3 is 0 Å². The molecule has 36 heavy (non-hydrogen) atoms. The van der Waals surface area contributed by atoms with Crippen LogP contribution in [0.4, 0.5) is 5.69 Å². The first-order valence-electron chi connectivity index (χ1n) is 10.8. The van der Waals surface area contributed by atoms with Crippen LogP contribution in [0.15, 0.2) is 78.0 Å². The maximum Gasteiger partial charge on any atom is 0.264 e. The molecule has 0 spiro atoms. The number of fused-ring (bicyclic) bond motifs is 1. The van der Waals surface area contributed by atoms with Gasteiger partial charge in [-0.3, -0.25) is 19.5 Å². The summed E-state index contributed by atoms with van der Waals surface area (Å²) in [6.07, 6.45) is 4.02. The first-order chi connectivity index (χ1) is 17.3. The fourth-order valence-corrected chi connectivity index (χ4v) is 5.20. The summed E-state index contributed by atoms with van der Waals surface area (Å²) in [5, 5.41) is 3.61. The number of aldehydes is 1. The predicted octanol–water partition coefficient (Wildman–Crippen LogP) is 4.67. The molecule has 184 valence electrons. The van der Waals surface area contributed by atoms with Gasteiger partial charge in [-0.05, 0) is 54.4 Å². The van der Waals surface area contributed by atoms with Gasteiger partial charge in [0.25, 0.3) is 15.9 Å². The fourth-order valence-electron chi connectivity index (χ4n) is 3.66. The quantitative estimate of drug-likeness (QED) is 0.297. The lowest BCUT2D eigenvalue weighted by Gasteiger charge is -2.19. The first kappa shape index (κ1) is 25.6. The highest BCUT2D eigenvalue weighted by Crippen LogP contribution is 2.27. The Morgan fingerprint density at radius 1 is 0.972 bits per heavy atom. The summed E-state index contributed by atoms with van der Waals surface area (Å²) in [5.41, 5.74) is 1.50. The third-order valence-corrected chi connectivity index (χ3v) is 7.22. The Balaban J connectivity index is 1.62. The third-order valence-electron chi connectivity index (χ3n) is 5.33. The van der Waals surface area contributed by atoms with Crippen molar-refractivity contribution in [1.82, 2.24) is 15.3 Å². The van der Waals surface area contributed by atoms with E-state index in [1.807, 2.05) is 0 Å². The molecule has 0 unspecified atom stereocenters. The molecular formula is C25H20Cl2N4O4S. The molecule has 0 saturated heterocycles. The van der Waals surface area contributed by atoms with Gasteiger partial charge in [-0.25, -0.2) is 8.42 Å². The van der Waals surface area contributed by atoms with Crippen LogP contribution in [0, 0.1) is 0 Å². The van der Waals surface area contributed by atoms with Crippen LogP contribution in [0.25, 0.3) is 11.0 Å². The van der Waals surface area contributed by atoms with Crippen molar-refractivity contribution in [3.05, 3.63) is 94.2 Å². The number of anilines is 1. The minimum absolute atomic E-state index is 0.0164. The molecule has 2 N–H and O–H groups in total. The fraction of sp³-hybridized carbons (Fsp3) is 0.120. The van der Waals surface area contributed by atoms with Crippen LogP contribution in [-0.2, 0) is 21.2 Å². The van der Waals surface area contributed by atoms with E-state index in [0.29, 0.717) is 23.2 Å². The van der Waals surface area contributed by atoms with Crippen molar-refractivity contribution in [1.29, 1.82) is 0 Å². The molecule has 1 atom stereocenters. The molecule has 0 fully saturated rings. The van der Waals surface area contributed by atoms with Crippen LogP contribution in [0.2, 0.25) is 10.0 Å². The lowest BCUT2D eigenvalue weighted by Crippen LogP contribution is -2.37. The summed E-state index contributed by atoms with van der Waals surface area (Å²) >= 11 is 12.1. The Labute approximate surface area is 217 Å². The highest BCUT2D eigenvalue weighted by Gasteiger charge is 2.23. The molecule has 1 heterocycles. The second kappa shape index (κ2) is 11.0. The monoisotopic (exact) mass is 542 g/mol. The predicted molar refractivity (Wildman–Crippen MR) is 139 cm³/mol. The van der Waals surface area contributed by atoms with Gasteiger partial charge in [0, 0.05) is 34.9 Å². The number of amides is 1. The minimum atomic E-state index is -4.16. The zero-order valence-electron chi connectivity index (χ0n) is 18.7. The van der Waals surface area contributed by atoms with Crippen molar-refractivity contribution in [3.8, 4) is 0 Å². The Hall–Kier alpha value is -3.53. The van der Waals surface area contributed by atoms with Gasteiger partial charge in [0.2, 0.25) is 0 Å². The highest BCUT2D eigenvalue weighted by atomic mass is 35.5. The van der Waals surface area contributed by atoms with E-state index in [9.17, 15) is 18.0 Å². The van der Waals surface area contributed by atoms with Gasteiger partial charge in [-0.2, -0.15) is 0 Å². The zero-order valence-corrected chi connectivity index (χ0v) is 21.0. The van der Waals surface area contributed by atoms with Crippen molar-refractivity contribution >= 4 is 62.1 Å². The van der Waals surface area contributed by atoms with E-state index in [-0.39, 0.29) is 33.1 Å². The normalized spacial score (nSPS) is 12.2. The number of para-hydroxylation sites is 1. The number of halogens is 2. The molecule has 0 aliphatic heterocycles. The number of carbonyl (C=O) groups excluding carboxylic acids is 2. The van der Waals surface area contributed by atoms with E-state index in [2.05, 4.69) is 20.0 Å². The van der Waals surface area contributed by atoms with Gasteiger partial charge in [0.05, 0.1) is 16.8 Å². The number of nitrogens with zero attached hydrogens (tertiary/aromatic N) is 2. The van der Waals surface area contributed by atoms with Crippen LogP contribution in [0.1, 0.15) is 22.3 Å². The summed E-state index contributed by atoms with van der Waals surface area (Å²) in [6, 6.07) is 15.4. The number of nitrogens with one attached hydrogen (secondary N) is 2. The molecule has 4 aromatic rings. The number of benzene rings is 3. The summed E-state index contributed by atoms with van der Waals surface area (Å²) in [7, 11) is -4.16. The number of sulfonamides is 1. The smallest absolute Gasteiger partial charge is 0.264 e. The second-order valence-electron chi connectivity index (χ2n) is 7.88. The van der Waals surface area contributed by atoms with Crippen molar-refractivity contribution < 1.29 is 18.0 Å². The number of rotatable bonds is 9. The first-order valence-corrected chi connectivity index (χ1v) is 13.0. The lowest BCUT2D eigenvalue weighted by molar-refractivity contribution is -0.108. The SMILES string of the molecule is O=CC[C@H](Cc1ccc(Cl)cc1)NC(=O)c1ccc(Cl)cc1NS(=O)(=O)c1cccc2nccnc12. The van der Waals surface area contributed by atoms with Gasteiger partial charge in [0.15, 0.2) is 0 Å². The molecule has 1 aromatic heterocycles. The van der Waals surface area contributed by atoms with Crippen molar-refractivity contribution in [2.75, 3.05) is 4.72 Å². The van der Waals surface area contributed by atoms with Crippen molar-refractivity contribution in [2.45, 2.75) is 23.8 Å². The van der Waals surface area contributed by atoms with E-state index in [4.69, 9.17) is 23.2 Å². The summed E-state index contributed by atoms with van der Waals surface area (Å²) < 4.78 is 29.0. The van der Waals surface area contributed by atoms with Gasteiger partial charge in [0.1, 0.15) is 16.7 Å². The standard InChI is InChI=1S/C25H20Cl2N4O4S/c26-17-6-4-16(5-7-17)14-19(10-13-32)30-25(33)20-9-8-18(27)15-22(20)31-36(34,35)23-3-1-2-21-24(23)29-12-11-28-21/h1-9,11-13,15,19,31H,10,14H2,(H,30,33)/t19-/m1/s1. The zero-order chi connectivity index (χ0) is 25.7. The molecule has 0 bridgehead atoms. The lowest BCUT2D eigenvalue weighted by atomic mass is 10.0. The molecule has 0 aliphatic rings. The molecule has 3 aromatic carbocycles. The maximum atomic E-state index is 13.3. The van der Waals surface area contributed by atoms with Crippen LogP contribution in [0.3, 0.4) is 0 Å². The van der Waals surface area contributed by atoms with E-state index in [0.717, 1.165) is 5.56 Å². The molecule has 4 rings (SSSR count). The number of aromatic nitrogens is 2. The molecule has 1 amide bonds. The van der Waals surface area contributed by atoms with Gasteiger partial charge in [-0.1, -0.05) is 41.4 Å². The Morgan fingerprint density at radius 2 is 1.69 bits per heavy atom. The number of hydrogen-bond donors (Lipinski definition) is 2. The van der Waals surface area contributed by atoms with E-state index in [1.54, 1.807) is 36.4 Å². The molecule has 8 nitrogen and oxygen atoms in total. The van der Waals surface area contributed by atoms with E-state index < -0.39 is 22.0 Å². The van der Waals surface area contributed by atoms with Gasteiger partial charge in [-0.15, -0.1) is 0 Å². The van der Waals surface area contributed by atoms with Crippen LogP contribution in [0.5, 0.6) is 0 Å². The molecule has 0 aliphatic carbocycles. The highest BCUT2D eigenvalue weighted by molar-refractivity contribution is 7.93. The summed E-state index contributed by atoms with van der Waals surface area (Å²) in [6.45, 7) is 0. The van der Waals surface area contributed by atoms with Gasteiger partial charge < -0.3 is 10.1 Å². The topological polar surface area (TPSA) is 118 Å². The number of hydrogen-bond acceptors (Lipinski definition) is 6. The largest absolute Gasteiger partial charge is 0.348 e. The average molecular weight is 543 g/mol. The van der Waals surface area contributed by atoms with Crippen LogP contribution < -0.4 is 10.0 Å². The minimum Gasteiger partial charge on any atom is -0.348 e. The van der Waals surface area contributed by atoms with E-state index in [1.165, 1.54) is 36.7 Å². The Bertz CT molecular complexity index is 1520. The molecule has 0 radical (unpaired) electrons. The Kier molecular flexibility index (Phi) is 7.83. The average Bonchev–Trinajstić information content (AvgIpc) is 2.85. The summed E-state index contributed by atoms with van der Waals surface area (Å²) in [5.74, 6) is -0.567. The van der Waals surface area contributed by atoms with Crippen LogP contribution >= 0.6 is 23.2 Å². The summed E-state index contributed by atoms with van der Waals surface area (Å²) in [4.78, 5) is 32.6. The number of carbonyl (C=O) groups is 2. The van der Waals surface area contributed by atoms with Crippen molar-refractivity contribution in [2.24, 2.45) is 0 Å².